The molecule has 3 heterocycles. The average molecular weight is 279 g/mol. The highest BCUT2D eigenvalue weighted by Crippen LogP contribution is 2.46. The lowest BCUT2D eigenvalue weighted by Crippen LogP contribution is -2.34. The van der Waals surface area contributed by atoms with Gasteiger partial charge in [-0.1, -0.05) is 11.6 Å². The van der Waals surface area contributed by atoms with Crippen LogP contribution in [-0.2, 0) is 13.0 Å². The molecular weight excluding hydrogens is 258 g/mol. The molecule has 1 aromatic carbocycles. The second-order valence-corrected chi connectivity index (χ2v) is 6.56. The van der Waals surface area contributed by atoms with Crippen LogP contribution in [0.25, 0.3) is 10.9 Å². The van der Waals surface area contributed by atoms with Crippen LogP contribution in [0.5, 0.6) is 0 Å². The Morgan fingerprint density at radius 1 is 1.33 bits per heavy atom. The van der Waals surface area contributed by atoms with E-state index in [9.17, 15) is 0 Å². The van der Waals surface area contributed by atoms with E-state index in [0.717, 1.165) is 13.0 Å². The Balaban J connectivity index is 1.98. The number of likely N-dealkylation sites (N-methyl/N-ethyl adjacent to an activating group) is 1. The molecule has 2 aromatic rings. The van der Waals surface area contributed by atoms with E-state index >= 15 is 0 Å². The minimum atomic E-state index is 0.575. The van der Waals surface area contributed by atoms with Crippen molar-refractivity contribution in [2.24, 2.45) is 0 Å². The standard InChI is InChI=1S/C18H21N3/c1-12-4-6-15-14(10-12)18-16-7-5-13(20(16)2)11-17(18)21(15)9-3-8-19/h4,6,10,13,16H,3,5,7,9,11H2,1-2H3. The molecule has 0 amide bonds. The molecule has 4 rings (SSSR count). The Bertz CT molecular complexity index is 750. The van der Waals surface area contributed by atoms with Gasteiger partial charge in [-0.15, -0.1) is 0 Å². The van der Waals surface area contributed by atoms with Crippen LogP contribution in [0.2, 0.25) is 0 Å². The van der Waals surface area contributed by atoms with Crippen molar-refractivity contribution in [1.29, 1.82) is 5.26 Å². The molecule has 2 unspecified atom stereocenters. The van der Waals surface area contributed by atoms with Crippen molar-refractivity contribution in [2.75, 3.05) is 7.05 Å². The maximum absolute atomic E-state index is 8.97. The summed E-state index contributed by atoms with van der Waals surface area (Å²) in [6, 6.07) is 10.3. The van der Waals surface area contributed by atoms with E-state index < -0.39 is 0 Å². The molecule has 21 heavy (non-hydrogen) atoms. The van der Waals surface area contributed by atoms with Gasteiger partial charge >= 0.3 is 0 Å². The summed E-state index contributed by atoms with van der Waals surface area (Å²) in [5.74, 6) is 0. The molecule has 0 N–H and O–H groups in total. The van der Waals surface area contributed by atoms with Gasteiger partial charge in [-0.3, -0.25) is 4.90 Å². The Morgan fingerprint density at radius 3 is 3.00 bits per heavy atom. The lowest BCUT2D eigenvalue weighted by Gasteiger charge is -2.32. The van der Waals surface area contributed by atoms with Gasteiger partial charge in [0.15, 0.2) is 0 Å². The second kappa shape index (κ2) is 4.61. The Kier molecular flexibility index (Phi) is 2.83. The molecule has 3 nitrogen and oxygen atoms in total. The third-order valence-electron chi connectivity index (χ3n) is 5.42. The molecule has 0 saturated carbocycles. The van der Waals surface area contributed by atoms with Gasteiger partial charge in [-0.05, 0) is 44.5 Å². The molecular formula is C18H21N3. The molecule has 108 valence electrons. The SMILES string of the molecule is Cc1ccc2c(c1)c1c(n2CCC#N)CC2CCC1N2C. The smallest absolute Gasteiger partial charge is 0.0640 e. The topological polar surface area (TPSA) is 32.0 Å². The zero-order valence-corrected chi connectivity index (χ0v) is 12.8. The monoisotopic (exact) mass is 279 g/mol. The van der Waals surface area contributed by atoms with E-state index in [4.69, 9.17) is 5.26 Å². The van der Waals surface area contributed by atoms with Crippen LogP contribution in [-0.4, -0.2) is 22.6 Å². The van der Waals surface area contributed by atoms with E-state index in [1.54, 1.807) is 5.56 Å². The molecule has 1 aromatic heterocycles. The highest BCUT2D eigenvalue weighted by Gasteiger charge is 2.40. The quantitative estimate of drug-likeness (QED) is 0.842. The summed E-state index contributed by atoms with van der Waals surface area (Å²) >= 11 is 0. The summed E-state index contributed by atoms with van der Waals surface area (Å²) in [7, 11) is 2.28. The summed E-state index contributed by atoms with van der Waals surface area (Å²) in [6.45, 7) is 3.00. The second-order valence-electron chi connectivity index (χ2n) is 6.56. The number of hydrogen-bond donors (Lipinski definition) is 0. The molecule has 0 spiro atoms. The summed E-state index contributed by atoms with van der Waals surface area (Å²) in [6.07, 6.45) is 4.32. The molecule has 2 bridgehead atoms. The van der Waals surface area contributed by atoms with Crippen molar-refractivity contribution in [3.8, 4) is 6.07 Å². The van der Waals surface area contributed by atoms with E-state index in [0.29, 0.717) is 18.5 Å². The fraction of sp³-hybridized carbons (Fsp3) is 0.500. The van der Waals surface area contributed by atoms with Crippen molar-refractivity contribution in [1.82, 2.24) is 9.47 Å². The van der Waals surface area contributed by atoms with Gasteiger partial charge in [0.05, 0.1) is 12.5 Å². The van der Waals surface area contributed by atoms with Gasteiger partial charge in [0.2, 0.25) is 0 Å². The van der Waals surface area contributed by atoms with Gasteiger partial charge in [0.1, 0.15) is 0 Å². The minimum Gasteiger partial charge on any atom is -0.343 e. The van der Waals surface area contributed by atoms with E-state index in [-0.39, 0.29) is 0 Å². The van der Waals surface area contributed by atoms with Crippen LogP contribution < -0.4 is 0 Å². The number of hydrogen-bond acceptors (Lipinski definition) is 2. The Hall–Kier alpha value is -1.79. The number of nitriles is 1. The predicted octanol–water partition coefficient (Wildman–Crippen LogP) is 3.55. The number of fused-ring (bicyclic) bond motifs is 6. The summed E-state index contributed by atoms with van der Waals surface area (Å²) in [5, 5.41) is 10.4. The van der Waals surface area contributed by atoms with Crippen LogP contribution in [0, 0.1) is 18.3 Å². The highest BCUT2D eigenvalue weighted by molar-refractivity contribution is 5.87. The van der Waals surface area contributed by atoms with Crippen LogP contribution >= 0.6 is 0 Å². The molecule has 3 heteroatoms. The molecule has 2 aliphatic heterocycles. The van der Waals surface area contributed by atoms with Gasteiger partial charge in [-0.25, -0.2) is 0 Å². The van der Waals surface area contributed by atoms with Crippen molar-refractivity contribution in [3.05, 3.63) is 35.0 Å². The van der Waals surface area contributed by atoms with Crippen LogP contribution in [0.1, 0.15) is 42.1 Å². The van der Waals surface area contributed by atoms with Gasteiger partial charge in [0.25, 0.3) is 0 Å². The van der Waals surface area contributed by atoms with E-state index in [1.807, 2.05) is 0 Å². The maximum Gasteiger partial charge on any atom is 0.0640 e. The fourth-order valence-corrected chi connectivity index (χ4v) is 4.39. The third-order valence-corrected chi connectivity index (χ3v) is 5.42. The van der Waals surface area contributed by atoms with Crippen molar-refractivity contribution < 1.29 is 0 Å². The summed E-state index contributed by atoms with van der Waals surface area (Å²) in [4.78, 5) is 2.57. The number of aromatic nitrogens is 1. The number of nitrogens with zero attached hydrogens (tertiary/aromatic N) is 3. The molecule has 1 saturated heterocycles. The Labute approximate surface area is 125 Å². The number of benzene rings is 1. The first-order chi connectivity index (χ1) is 10.2. The van der Waals surface area contributed by atoms with Crippen LogP contribution in [0.15, 0.2) is 18.2 Å². The van der Waals surface area contributed by atoms with Crippen molar-refractivity contribution in [2.45, 2.75) is 51.2 Å². The molecule has 1 fully saturated rings. The largest absolute Gasteiger partial charge is 0.343 e. The maximum atomic E-state index is 8.97. The van der Waals surface area contributed by atoms with Gasteiger partial charge in [-0.2, -0.15) is 5.26 Å². The number of rotatable bonds is 2. The van der Waals surface area contributed by atoms with Gasteiger partial charge in [0, 0.05) is 41.6 Å². The third kappa shape index (κ3) is 1.76. The van der Waals surface area contributed by atoms with Crippen LogP contribution in [0.4, 0.5) is 0 Å². The first-order valence-corrected chi connectivity index (χ1v) is 7.91. The molecule has 2 atom stereocenters. The van der Waals surface area contributed by atoms with Crippen molar-refractivity contribution >= 4 is 10.9 Å². The first kappa shape index (κ1) is 12.9. The minimum absolute atomic E-state index is 0.575. The lowest BCUT2D eigenvalue weighted by atomic mass is 9.97. The first-order valence-electron chi connectivity index (χ1n) is 7.91. The molecule has 0 radical (unpaired) electrons. The number of aryl methyl sites for hydroxylation is 2. The summed E-state index contributed by atoms with van der Waals surface area (Å²) in [5.41, 5.74) is 5.69. The highest BCUT2D eigenvalue weighted by atomic mass is 15.2. The van der Waals surface area contributed by atoms with E-state index in [2.05, 4.69) is 47.7 Å². The average Bonchev–Trinajstić information content (AvgIpc) is 2.88. The Morgan fingerprint density at radius 2 is 2.19 bits per heavy atom. The lowest BCUT2D eigenvalue weighted by molar-refractivity contribution is 0.222. The van der Waals surface area contributed by atoms with Crippen molar-refractivity contribution in [3.63, 3.8) is 0 Å². The molecule has 0 aliphatic carbocycles. The van der Waals surface area contributed by atoms with Gasteiger partial charge < -0.3 is 4.57 Å². The fourth-order valence-electron chi connectivity index (χ4n) is 4.39. The van der Waals surface area contributed by atoms with Crippen LogP contribution in [0.3, 0.4) is 0 Å². The molecule has 2 aliphatic rings. The zero-order chi connectivity index (χ0) is 14.6. The van der Waals surface area contributed by atoms with E-state index in [1.165, 1.54) is 35.0 Å². The zero-order valence-electron chi connectivity index (χ0n) is 12.8. The normalized spacial score (nSPS) is 24.2. The summed E-state index contributed by atoms with van der Waals surface area (Å²) < 4.78 is 2.42. The predicted molar refractivity (Wildman–Crippen MR) is 84.1 cm³/mol.